The predicted octanol–water partition coefficient (Wildman–Crippen LogP) is 3.22. The summed E-state index contributed by atoms with van der Waals surface area (Å²) >= 11 is 0. The van der Waals surface area contributed by atoms with E-state index < -0.39 is 0 Å². The van der Waals surface area contributed by atoms with Crippen LogP contribution in [0, 0.1) is 6.92 Å². The highest BCUT2D eigenvalue weighted by molar-refractivity contribution is 6.21. The van der Waals surface area contributed by atoms with E-state index in [4.69, 9.17) is 0 Å². The van der Waals surface area contributed by atoms with Gasteiger partial charge in [0.15, 0.2) is 0 Å². The number of hydrogen-bond acceptors (Lipinski definition) is 4. The monoisotopic (exact) mass is 402 g/mol. The maximum Gasteiger partial charge on any atom is 0.261 e. The maximum absolute atomic E-state index is 13.0. The molecule has 2 aliphatic rings. The van der Waals surface area contributed by atoms with Gasteiger partial charge in [0, 0.05) is 19.5 Å². The first-order valence-electron chi connectivity index (χ1n) is 10.2. The molecule has 1 fully saturated rings. The van der Waals surface area contributed by atoms with Gasteiger partial charge in [-0.15, -0.1) is 0 Å². The molecule has 1 N–H and O–H groups in total. The summed E-state index contributed by atoms with van der Waals surface area (Å²) in [7, 11) is 0. The Morgan fingerprint density at radius 3 is 2.77 bits per heavy atom. The van der Waals surface area contributed by atoms with Crippen molar-refractivity contribution in [3.8, 4) is 0 Å². The molecule has 3 heterocycles. The van der Waals surface area contributed by atoms with Gasteiger partial charge in [-0.3, -0.25) is 19.3 Å². The van der Waals surface area contributed by atoms with Crippen LogP contribution in [0.4, 0.5) is 0 Å². The number of H-pyrrole nitrogens is 1. The number of aryl methyl sites for hydroxylation is 1. The Labute approximate surface area is 173 Å². The molecule has 152 valence electrons. The molecule has 1 unspecified atom stereocenters. The minimum atomic E-state index is -0.321. The van der Waals surface area contributed by atoms with E-state index in [0.29, 0.717) is 17.7 Å². The van der Waals surface area contributed by atoms with E-state index in [0.717, 1.165) is 35.3 Å². The smallest absolute Gasteiger partial charge is 0.261 e. The van der Waals surface area contributed by atoms with Crippen LogP contribution in [-0.4, -0.2) is 50.6 Å². The zero-order valence-electron chi connectivity index (χ0n) is 16.7. The highest BCUT2D eigenvalue weighted by Crippen LogP contribution is 2.32. The van der Waals surface area contributed by atoms with E-state index in [1.165, 1.54) is 4.90 Å². The Kier molecular flexibility index (Phi) is 4.38. The minimum Gasteiger partial charge on any atom is -0.340 e. The number of likely N-dealkylation sites (tertiary alicyclic amines) is 1. The molecule has 1 saturated heterocycles. The number of amides is 3. The fourth-order valence-corrected chi connectivity index (χ4v) is 4.44. The third kappa shape index (κ3) is 2.98. The van der Waals surface area contributed by atoms with Gasteiger partial charge in [-0.2, -0.15) is 0 Å². The molecule has 0 spiro atoms. The molecule has 30 heavy (non-hydrogen) atoms. The molecule has 3 aromatic rings. The second-order valence-corrected chi connectivity index (χ2v) is 7.95. The normalized spacial score (nSPS) is 18.5. The summed E-state index contributed by atoms with van der Waals surface area (Å²) in [5.74, 6) is 0.0868. The largest absolute Gasteiger partial charge is 0.340 e. The number of aromatic amines is 1. The van der Waals surface area contributed by atoms with Crippen LogP contribution in [0.2, 0.25) is 0 Å². The van der Waals surface area contributed by atoms with Crippen LogP contribution in [0.5, 0.6) is 0 Å². The van der Waals surface area contributed by atoms with Crippen LogP contribution >= 0.6 is 0 Å². The average molecular weight is 402 g/mol. The third-order valence-corrected chi connectivity index (χ3v) is 5.97. The van der Waals surface area contributed by atoms with Crippen LogP contribution < -0.4 is 0 Å². The molecule has 0 bridgehead atoms. The number of carbonyl (C=O) groups excluding carboxylic acids is 3. The van der Waals surface area contributed by atoms with Crippen LogP contribution in [0.25, 0.3) is 11.0 Å². The Hall–Kier alpha value is -3.48. The zero-order valence-corrected chi connectivity index (χ0v) is 16.7. The summed E-state index contributed by atoms with van der Waals surface area (Å²) in [4.78, 5) is 49.2. The summed E-state index contributed by atoms with van der Waals surface area (Å²) in [5, 5.41) is 0. The lowest BCUT2D eigenvalue weighted by Gasteiger charge is -2.24. The molecule has 2 aliphatic heterocycles. The van der Waals surface area contributed by atoms with Gasteiger partial charge in [0.25, 0.3) is 11.8 Å². The first-order valence-corrected chi connectivity index (χ1v) is 10.2. The molecule has 7 nitrogen and oxygen atoms in total. The summed E-state index contributed by atoms with van der Waals surface area (Å²) < 4.78 is 0. The summed E-state index contributed by atoms with van der Waals surface area (Å²) in [6, 6.07) is 12.9. The number of imide groups is 1. The standard InChI is InChI=1S/C23H22N4O3/c1-14-8-9-15-16(13-14)23(30)27(22(15)29)12-10-20(28)26-11-4-7-19(26)21-24-17-5-2-3-6-18(17)25-21/h2-3,5-6,8-9,13,19H,4,7,10-12H2,1H3,(H,24,25). The molecule has 1 aromatic heterocycles. The van der Waals surface area contributed by atoms with Crippen LogP contribution in [0.3, 0.4) is 0 Å². The Bertz CT molecular complexity index is 1150. The topological polar surface area (TPSA) is 86.4 Å². The van der Waals surface area contributed by atoms with Gasteiger partial charge in [0.2, 0.25) is 5.91 Å². The highest BCUT2D eigenvalue weighted by atomic mass is 16.2. The molecule has 5 rings (SSSR count). The molecule has 2 aromatic carbocycles. The number of benzene rings is 2. The van der Waals surface area contributed by atoms with Crippen molar-refractivity contribution in [1.82, 2.24) is 19.8 Å². The number of carbonyl (C=O) groups is 3. The van der Waals surface area contributed by atoms with Gasteiger partial charge in [-0.25, -0.2) is 4.98 Å². The maximum atomic E-state index is 13.0. The number of aromatic nitrogens is 2. The van der Waals surface area contributed by atoms with Crippen molar-refractivity contribution < 1.29 is 14.4 Å². The van der Waals surface area contributed by atoms with Gasteiger partial charge < -0.3 is 9.88 Å². The predicted molar refractivity (Wildman–Crippen MR) is 111 cm³/mol. The summed E-state index contributed by atoms with van der Waals surface area (Å²) in [6.45, 7) is 2.63. The van der Waals surface area contributed by atoms with Crippen molar-refractivity contribution in [3.05, 3.63) is 65.0 Å². The number of rotatable bonds is 4. The van der Waals surface area contributed by atoms with Crippen molar-refractivity contribution in [3.63, 3.8) is 0 Å². The lowest BCUT2D eigenvalue weighted by molar-refractivity contribution is -0.132. The van der Waals surface area contributed by atoms with E-state index in [-0.39, 0.29) is 36.7 Å². The van der Waals surface area contributed by atoms with Gasteiger partial charge in [0.1, 0.15) is 5.82 Å². The Morgan fingerprint density at radius 2 is 1.93 bits per heavy atom. The van der Waals surface area contributed by atoms with Crippen LogP contribution in [0.15, 0.2) is 42.5 Å². The first kappa shape index (κ1) is 18.5. The third-order valence-electron chi connectivity index (χ3n) is 5.97. The fourth-order valence-electron chi connectivity index (χ4n) is 4.44. The number of imidazole rings is 1. The summed E-state index contributed by atoms with van der Waals surface area (Å²) in [6.07, 6.45) is 1.86. The molecule has 0 saturated carbocycles. The van der Waals surface area contributed by atoms with E-state index in [1.54, 1.807) is 12.1 Å². The number of hydrogen-bond donors (Lipinski definition) is 1. The molecule has 7 heteroatoms. The fraction of sp³-hybridized carbons (Fsp3) is 0.304. The second-order valence-electron chi connectivity index (χ2n) is 7.95. The van der Waals surface area contributed by atoms with E-state index in [9.17, 15) is 14.4 Å². The first-order chi connectivity index (χ1) is 14.5. The number of fused-ring (bicyclic) bond motifs is 2. The minimum absolute atomic E-state index is 0.0642. The van der Waals surface area contributed by atoms with Gasteiger partial charge in [0.05, 0.1) is 28.2 Å². The molecular formula is C23H22N4O3. The lowest BCUT2D eigenvalue weighted by atomic mass is 10.1. The van der Waals surface area contributed by atoms with Gasteiger partial charge in [-0.05, 0) is 44.0 Å². The number of nitrogens with zero attached hydrogens (tertiary/aromatic N) is 3. The number of para-hydroxylation sites is 2. The van der Waals surface area contributed by atoms with Crippen molar-refractivity contribution in [1.29, 1.82) is 0 Å². The molecule has 1 atom stereocenters. The molecule has 0 radical (unpaired) electrons. The molecule has 0 aliphatic carbocycles. The lowest BCUT2D eigenvalue weighted by Crippen LogP contribution is -2.36. The highest BCUT2D eigenvalue weighted by Gasteiger charge is 2.37. The van der Waals surface area contributed by atoms with E-state index >= 15 is 0 Å². The van der Waals surface area contributed by atoms with Gasteiger partial charge in [-0.1, -0.05) is 23.8 Å². The van der Waals surface area contributed by atoms with Crippen LogP contribution in [-0.2, 0) is 4.79 Å². The van der Waals surface area contributed by atoms with E-state index in [1.807, 2.05) is 42.2 Å². The van der Waals surface area contributed by atoms with Crippen LogP contribution in [0.1, 0.15) is 57.4 Å². The van der Waals surface area contributed by atoms with E-state index in [2.05, 4.69) is 9.97 Å². The molecular weight excluding hydrogens is 380 g/mol. The summed E-state index contributed by atoms with van der Waals surface area (Å²) in [5.41, 5.74) is 3.60. The quantitative estimate of drug-likeness (QED) is 0.679. The van der Waals surface area contributed by atoms with Crippen molar-refractivity contribution in [2.24, 2.45) is 0 Å². The SMILES string of the molecule is Cc1ccc2c(c1)C(=O)N(CCC(=O)N1CCCC1c1nc3ccccc3[nH]1)C2=O. The zero-order chi connectivity index (χ0) is 20.8. The Balaban J connectivity index is 1.29. The Morgan fingerprint density at radius 1 is 1.13 bits per heavy atom. The number of nitrogens with one attached hydrogen (secondary N) is 1. The van der Waals surface area contributed by atoms with Crippen molar-refractivity contribution in [2.75, 3.05) is 13.1 Å². The van der Waals surface area contributed by atoms with Crippen molar-refractivity contribution in [2.45, 2.75) is 32.2 Å². The van der Waals surface area contributed by atoms with Crippen molar-refractivity contribution >= 4 is 28.8 Å². The molecule has 3 amide bonds. The second kappa shape index (κ2) is 7.09. The van der Waals surface area contributed by atoms with Gasteiger partial charge >= 0.3 is 0 Å². The average Bonchev–Trinajstić information content (AvgIpc) is 3.44.